The fourth-order valence-corrected chi connectivity index (χ4v) is 3.22. The molecular weight excluding hydrogens is 359 g/mol. The zero-order valence-corrected chi connectivity index (χ0v) is 15.3. The number of carbonyl (C=O) groups is 1. The SMILES string of the molecule is COc1ccc(-c2nc(C(=O)NCCN)cc3c2[nH]c2cc(F)ccc23)cc1. The first-order valence-corrected chi connectivity index (χ1v) is 8.85. The standard InChI is InChI=1S/C21H19FN4O2/c1-28-14-5-2-12(3-6-14)19-20-16(11-18(26-19)21(27)24-9-8-23)15-7-4-13(22)10-17(15)25-20/h2-7,10-11,25H,8-9,23H2,1H3,(H,24,27). The minimum Gasteiger partial charge on any atom is -0.497 e. The molecule has 7 heteroatoms. The summed E-state index contributed by atoms with van der Waals surface area (Å²) in [6.45, 7) is 0.696. The van der Waals surface area contributed by atoms with Crippen molar-refractivity contribution in [1.82, 2.24) is 15.3 Å². The van der Waals surface area contributed by atoms with Gasteiger partial charge >= 0.3 is 0 Å². The summed E-state index contributed by atoms with van der Waals surface area (Å²) in [5.74, 6) is 0.0769. The molecule has 4 rings (SSSR count). The summed E-state index contributed by atoms with van der Waals surface area (Å²) < 4.78 is 18.9. The summed E-state index contributed by atoms with van der Waals surface area (Å²) in [7, 11) is 1.60. The van der Waals surface area contributed by atoms with Crippen LogP contribution in [0.3, 0.4) is 0 Å². The number of rotatable bonds is 5. The first kappa shape index (κ1) is 17.9. The Kier molecular flexibility index (Phi) is 4.67. The third kappa shape index (κ3) is 3.16. The lowest BCUT2D eigenvalue weighted by Gasteiger charge is -2.09. The van der Waals surface area contributed by atoms with Gasteiger partial charge in [0.05, 0.1) is 18.3 Å². The third-order valence-electron chi connectivity index (χ3n) is 4.58. The van der Waals surface area contributed by atoms with E-state index in [1.807, 2.05) is 24.3 Å². The maximum Gasteiger partial charge on any atom is 0.269 e. The number of nitrogens with one attached hydrogen (secondary N) is 2. The van der Waals surface area contributed by atoms with E-state index in [-0.39, 0.29) is 17.4 Å². The van der Waals surface area contributed by atoms with Gasteiger partial charge in [0, 0.05) is 34.9 Å². The second kappa shape index (κ2) is 7.28. The number of halogens is 1. The Bertz CT molecular complexity index is 1170. The minimum atomic E-state index is -0.334. The monoisotopic (exact) mass is 378 g/mol. The Morgan fingerprint density at radius 3 is 2.68 bits per heavy atom. The van der Waals surface area contributed by atoms with Crippen LogP contribution in [0.4, 0.5) is 4.39 Å². The van der Waals surface area contributed by atoms with Crippen molar-refractivity contribution in [1.29, 1.82) is 0 Å². The van der Waals surface area contributed by atoms with E-state index in [4.69, 9.17) is 10.5 Å². The minimum absolute atomic E-state index is 0.275. The number of benzene rings is 2. The molecule has 2 heterocycles. The van der Waals surface area contributed by atoms with Gasteiger partial charge in [-0.1, -0.05) is 0 Å². The molecule has 0 aliphatic heterocycles. The highest BCUT2D eigenvalue weighted by Gasteiger charge is 2.17. The number of fused-ring (bicyclic) bond motifs is 3. The van der Waals surface area contributed by atoms with Crippen molar-refractivity contribution >= 4 is 27.7 Å². The van der Waals surface area contributed by atoms with Crippen LogP contribution in [-0.2, 0) is 0 Å². The summed E-state index contributed by atoms with van der Waals surface area (Å²) in [6, 6.07) is 13.6. The fourth-order valence-electron chi connectivity index (χ4n) is 3.22. The predicted octanol–water partition coefficient (Wildman–Crippen LogP) is 3.22. The van der Waals surface area contributed by atoms with Crippen molar-refractivity contribution < 1.29 is 13.9 Å². The Morgan fingerprint density at radius 2 is 1.96 bits per heavy atom. The highest BCUT2D eigenvalue weighted by molar-refractivity contribution is 6.13. The van der Waals surface area contributed by atoms with Gasteiger partial charge in [0.1, 0.15) is 17.3 Å². The molecule has 4 aromatic rings. The summed E-state index contributed by atoms with van der Waals surface area (Å²) >= 11 is 0. The van der Waals surface area contributed by atoms with Crippen molar-refractivity contribution in [2.24, 2.45) is 5.73 Å². The van der Waals surface area contributed by atoms with E-state index in [2.05, 4.69) is 15.3 Å². The summed E-state index contributed by atoms with van der Waals surface area (Å²) in [6.07, 6.45) is 0. The van der Waals surface area contributed by atoms with Crippen LogP contribution in [0.15, 0.2) is 48.5 Å². The number of hydrogen-bond donors (Lipinski definition) is 3. The Hall–Kier alpha value is -3.45. The number of H-pyrrole nitrogens is 1. The van der Waals surface area contributed by atoms with E-state index in [0.29, 0.717) is 24.3 Å². The maximum absolute atomic E-state index is 13.7. The molecule has 0 atom stereocenters. The van der Waals surface area contributed by atoms with Crippen LogP contribution in [0.25, 0.3) is 33.1 Å². The molecule has 0 bridgehead atoms. The lowest BCUT2D eigenvalue weighted by atomic mass is 10.1. The number of ether oxygens (including phenoxy) is 1. The van der Waals surface area contributed by atoms with Crippen LogP contribution < -0.4 is 15.8 Å². The van der Waals surface area contributed by atoms with Gasteiger partial charge in [-0.25, -0.2) is 9.37 Å². The van der Waals surface area contributed by atoms with Crippen molar-refractivity contribution in [2.75, 3.05) is 20.2 Å². The quantitative estimate of drug-likeness (QED) is 0.497. The lowest BCUT2D eigenvalue weighted by molar-refractivity contribution is 0.0950. The van der Waals surface area contributed by atoms with Crippen LogP contribution in [0.2, 0.25) is 0 Å². The molecule has 0 saturated heterocycles. The molecule has 6 nitrogen and oxygen atoms in total. The van der Waals surface area contributed by atoms with Crippen molar-refractivity contribution in [2.45, 2.75) is 0 Å². The van der Waals surface area contributed by atoms with Crippen molar-refractivity contribution in [3.8, 4) is 17.0 Å². The second-order valence-corrected chi connectivity index (χ2v) is 6.37. The van der Waals surface area contributed by atoms with Crippen LogP contribution in [-0.4, -0.2) is 36.1 Å². The zero-order chi connectivity index (χ0) is 19.7. The van der Waals surface area contributed by atoms with E-state index in [0.717, 1.165) is 27.6 Å². The molecule has 0 saturated carbocycles. The number of carbonyl (C=O) groups excluding carboxylic acids is 1. The van der Waals surface area contributed by atoms with Crippen LogP contribution in [0, 0.1) is 5.82 Å². The van der Waals surface area contributed by atoms with Crippen molar-refractivity contribution in [3.05, 3.63) is 60.0 Å². The number of hydrogen-bond acceptors (Lipinski definition) is 4. The van der Waals surface area contributed by atoms with Crippen LogP contribution in [0.5, 0.6) is 5.75 Å². The molecule has 0 unspecified atom stereocenters. The fraction of sp³-hybridized carbons (Fsp3) is 0.143. The van der Waals surface area contributed by atoms with Gasteiger partial charge in [0.25, 0.3) is 5.91 Å². The van der Waals surface area contributed by atoms with Gasteiger partial charge in [-0.05, 0) is 48.5 Å². The van der Waals surface area contributed by atoms with Crippen LogP contribution in [0.1, 0.15) is 10.5 Å². The Balaban J connectivity index is 1.96. The van der Waals surface area contributed by atoms with Gasteiger partial charge < -0.3 is 20.8 Å². The average molecular weight is 378 g/mol. The predicted molar refractivity (Wildman–Crippen MR) is 107 cm³/mol. The number of aromatic nitrogens is 2. The molecule has 28 heavy (non-hydrogen) atoms. The van der Waals surface area contributed by atoms with E-state index in [9.17, 15) is 9.18 Å². The Morgan fingerprint density at radius 1 is 1.18 bits per heavy atom. The van der Waals surface area contributed by atoms with E-state index >= 15 is 0 Å². The van der Waals surface area contributed by atoms with Gasteiger partial charge in [-0.15, -0.1) is 0 Å². The molecule has 0 aliphatic carbocycles. The number of aromatic amines is 1. The molecule has 1 amide bonds. The summed E-state index contributed by atoms with van der Waals surface area (Å²) in [4.78, 5) is 20.3. The smallest absolute Gasteiger partial charge is 0.269 e. The molecular formula is C21H19FN4O2. The number of pyridine rings is 1. The highest BCUT2D eigenvalue weighted by Crippen LogP contribution is 2.33. The first-order chi connectivity index (χ1) is 13.6. The second-order valence-electron chi connectivity index (χ2n) is 6.37. The van der Waals surface area contributed by atoms with Crippen molar-refractivity contribution in [3.63, 3.8) is 0 Å². The van der Waals surface area contributed by atoms with Gasteiger partial charge in [0.2, 0.25) is 0 Å². The molecule has 142 valence electrons. The molecule has 0 radical (unpaired) electrons. The van der Waals surface area contributed by atoms with Gasteiger partial charge in [-0.2, -0.15) is 0 Å². The number of amides is 1. The van der Waals surface area contributed by atoms with E-state index in [1.54, 1.807) is 19.2 Å². The zero-order valence-electron chi connectivity index (χ0n) is 15.3. The molecule has 0 fully saturated rings. The molecule has 2 aromatic heterocycles. The topological polar surface area (TPSA) is 93.0 Å². The summed E-state index contributed by atoms with van der Waals surface area (Å²) in [5, 5.41) is 4.36. The number of nitrogens with zero attached hydrogens (tertiary/aromatic N) is 1. The molecule has 2 aromatic carbocycles. The summed E-state index contributed by atoms with van der Waals surface area (Å²) in [5.41, 5.74) is 8.55. The number of nitrogens with two attached hydrogens (primary N) is 1. The molecule has 0 aliphatic rings. The Labute approximate surface area is 160 Å². The average Bonchev–Trinajstić information content (AvgIpc) is 3.08. The molecule has 0 spiro atoms. The third-order valence-corrected chi connectivity index (χ3v) is 4.58. The van der Waals surface area contributed by atoms with Crippen LogP contribution >= 0.6 is 0 Å². The van der Waals surface area contributed by atoms with Gasteiger partial charge in [-0.3, -0.25) is 4.79 Å². The largest absolute Gasteiger partial charge is 0.497 e. The molecule has 4 N–H and O–H groups in total. The number of methoxy groups -OCH3 is 1. The highest BCUT2D eigenvalue weighted by atomic mass is 19.1. The first-order valence-electron chi connectivity index (χ1n) is 8.85. The van der Waals surface area contributed by atoms with E-state index in [1.165, 1.54) is 12.1 Å². The maximum atomic E-state index is 13.7. The van der Waals surface area contributed by atoms with Gasteiger partial charge in [0.15, 0.2) is 0 Å². The van der Waals surface area contributed by atoms with E-state index < -0.39 is 0 Å². The lowest BCUT2D eigenvalue weighted by Crippen LogP contribution is -2.29. The normalized spacial score (nSPS) is 11.1.